The summed E-state index contributed by atoms with van der Waals surface area (Å²) in [6.07, 6.45) is 4.83. The van der Waals surface area contributed by atoms with Gasteiger partial charge >= 0.3 is 0 Å². The molecule has 0 unspecified atom stereocenters. The largest absolute Gasteiger partial charge is 0.494 e. The number of nitrogens with one attached hydrogen (secondary N) is 1. The molecular formula is C16H24N2O2. The Morgan fingerprint density at radius 3 is 2.70 bits per heavy atom. The van der Waals surface area contributed by atoms with Gasteiger partial charge in [-0.3, -0.25) is 4.79 Å². The van der Waals surface area contributed by atoms with Crippen molar-refractivity contribution in [2.75, 3.05) is 6.61 Å². The van der Waals surface area contributed by atoms with Gasteiger partial charge in [-0.1, -0.05) is 37.5 Å². The van der Waals surface area contributed by atoms with Gasteiger partial charge < -0.3 is 15.8 Å². The second kappa shape index (κ2) is 6.75. The molecule has 1 amide bonds. The van der Waals surface area contributed by atoms with Gasteiger partial charge in [0.25, 0.3) is 0 Å². The summed E-state index contributed by atoms with van der Waals surface area (Å²) in [5.41, 5.74) is 6.53. The highest BCUT2D eigenvalue weighted by atomic mass is 16.5. The third-order valence-electron chi connectivity index (χ3n) is 3.91. The van der Waals surface area contributed by atoms with Gasteiger partial charge in [0.05, 0.1) is 12.1 Å². The maximum Gasteiger partial charge on any atom is 0.240 e. The Labute approximate surface area is 120 Å². The molecule has 0 radical (unpaired) electrons. The van der Waals surface area contributed by atoms with E-state index in [0.717, 1.165) is 37.0 Å². The lowest BCUT2D eigenvalue weighted by molar-refractivity contribution is -0.127. The van der Waals surface area contributed by atoms with Crippen molar-refractivity contribution in [1.82, 2.24) is 5.32 Å². The van der Waals surface area contributed by atoms with Crippen LogP contribution in [-0.4, -0.2) is 18.1 Å². The van der Waals surface area contributed by atoms with E-state index in [2.05, 4.69) is 5.32 Å². The number of hydrogen-bond donors (Lipinski definition) is 2. The molecule has 0 aromatic heterocycles. The fourth-order valence-electron chi connectivity index (χ4n) is 2.71. The van der Waals surface area contributed by atoms with Crippen LogP contribution in [0.3, 0.4) is 0 Å². The van der Waals surface area contributed by atoms with Crippen LogP contribution in [0.2, 0.25) is 0 Å². The Morgan fingerprint density at radius 1 is 1.30 bits per heavy atom. The Bertz CT molecular complexity index is 454. The molecule has 2 rings (SSSR count). The summed E-state index contributed by atoms with van der Waals surface area (Å²) in [7, 11) is 0. The Kier molecular flexibility index (Phi) is 5.01. The van der Waals surface area contributed by atoms with Crippen molar-refractivity contribution in [3.63, 3.8) is 0 Å². The number of amides is 1. The molecule has 1 aliphatic rings. The number of rotatable bonds is 5. The topological polar surface area (TPSA) is 64.3 Å². The van der Waals surface area contributed by atoms with Crippen LogP contribution in [-0.2, 0) is 11.3 Å². The lowest BCUT2D eigenvalue weighted by atomic mass is 9.82. The van der Waals surface area contributed by atoms with E-state index in [1.54, 1.807) is 0 Å². The Balaban J connectivity index is 1.96. The zero-order valence-electron chi connectivity index (χ0n) is 12.2. The molecule has 0 heterocycles. The first-order valence-electron chi connectivity index (χ1n) is 7.43. The van der Waals surface area contributed by atoms with Gasteiger partial charge in [0.15, 0.2) is 0 Å². The van der Waals surface area contributed by atoms with Gasteiger partial charge in [-0.05, 0) is 25.8 Å². The van der Waals surface area contributed by atoms with Crippen molar-refractivity contribution in [2.45, 2.75) is 51.1 Å². The van der Waals surface area contributed by atoms with Crippen molar-refractivity contribution in [3.05, 3.63) is 29.8 Å². The number of benzene rings is 1. The molecule has 0 spiro atoms. The second-order valence-corrected chi connectivity index (χ2v) is 5.44. The molecule has 0 atom stereocenters. The van der Waals surface area contributed by atoms with Crippen LogP contribution in [0.25, 0.3) is 0 Å². The summed E-state index contributed by atoms with van der Waals surface area (Å²) in [5.74, 6) is 0.786. The third kappa shape index (κ3) is 3.51. The average molecular weight is 276 g/mol. The molecule has 3 N–H and O–H groups in total. The number of carbonyl (C=O) groups is 1. The van der Waals surface area contributed by atoms with Crippen LogP contribution in [0.15, 0.2) is 24.3 Å². The van der Waals surface area contributed by atoms with Crippen LogP contribution in [0.4, 0.5) is 0 Å². The van der Waals surface area contributed by atoms with Crippen LogP contribution in [0.5, 0.6) is 5.75 Å². The predicted molar refractivity (Wildman–Crippen MR) is 79.5 cm³/mol. The first-order chi connectivity index (χ1) is 9.65. The molecular weight excluding hydrogens is 252 g/mol. The third-order valence-corrected chi connectivity index (χ3v) is 3.91. The lowest BCUT2D eigenvalue weighted by Gasteiger charge is -2.31. The van der Waals surface area contributed by atoms with E-state index < -0.39 is 5.54 Å². The highest BCUT2D eigenvalue weighted by Crippen LogP contribution is 2.26. The van der Waals surface area contributed by atoms with Gasteiger partial charge in [-0.15, -0.1) is 0 Å². The number of ether oxygens (including phenoxy) is 1. The van der Waals surface area contributed by atoms with E-state index in [0.29, 0.717) is 13.2 Å². The smallest absolute Gasteiger partial charge is 0.240 e. The van der Waals surface area contributed by atoms with Crippen molar-refractivity contribution in [1.29, 1.82) is 0 Å². The minimum absolute atomic E-state index is 0.0384. The molecule has 4 nitrogen and oxygen atoms in total. The molecule has 1 aromatic rings. The van der Waals surface area contributed by atoms with Crippen molar-refractivity contribution in [2.24, 2.45) is 5.73 Å². The van der Waals surface area contributed by atoms with Gasteiger partial charge in [0, 0.05) is 12.1 Å². The van der Waals surface area contributed by atoms with Crippen LogP contribution < -0.4 is 15.8 Å². The normalized spacial score (nSPS) is 17.5. The molecule has 1 fully saturated rings. The van der Waals surface area contributed by atoms with E-state index in [1.165, 1.54) is 6.42 Å². The standard InChI is InChI=1S/C16H24N2O2/c1-2-20-14-9-5-4-8-13(14)12-18-15(19)16(17)10-6-3-7-11-16/h4-5,8-9H,2-3,6-7,10-12,17H2,1H3,(H,18,19). The van der Waals surface area contributed by atoms with Gasteiger partial charge in [-0.25, -0.2) is 0 Å². The highest BCUT2D eigenvalue weighted by Gasteiger charge is 2.34. The maximum atomic E-state index is 12.3. The number of hydrogen-bond acceptors (Lipinski definition) is 3. The summed E-state index contributed by atoms with van der Waals surface area (Å²) in [4.78, 5) is 12.3. The van der Waals surface area contributed by atoms with Crippen LogP contribution >= 0.6 is 0 Å². The molecule has 1 aliphatic carbocycles. The predicted octanol–water partition coefficient (Wildman–Crippen LogP) is 2.36. The second-order valence-electron chi connectivity index (χ2n) is 5.44. The van der Waals surface area contributed by atoms with E-state index in [-0.39, 0.29) is 5.91 Å². The highest BCUT2D eigenvalue weighted by molar-refractivity contribution is 5.86. The van der Waals surface area contributed by atoms with Crippen molar-refractivity contribution < 1.29 is 9.53 Å². The summed E-state index contributed by atoms with van der Waals surface area (Å²) in [6, 6.07) is 7.77. The van der Waals surface area contributed by atoms with Crippen LogP contribution in [0.1, 0.15) is 44.6 Å². The minimum atomic E-state index is -0.682. The van der Waals surface area contributed by atoms with Gasteiger partial charge in [-0.2, -0.15) is 0 Å². The van der Waals surface area contributed by atoms with Gasteiger partial charge in [0.1, 0.15) is 5.75 Å². The fraction of sp³-hybridized carbons (Fsp3) is 0.562. The first-order valence-corrected chi connectivity index (χ1v) is 7.43. The lowest BCUT2D eigenvalue weighted by Crippen LogP contribution is -2.54. The Morgan fingerprint density at radius 2 is 2.00 bits per heavy atom. The first kappa shape index (κ1) is 14.9. The number of nitrogens with two attached hydrogens (primary N) is 1. The molecule has 4 heteroatoms. The van der Waals surface area contributed by atoms with E-state index in [4.69, 9.17) is 10.5 Å². The number of carbonyl (C=O) groups excluding carboxylic acids is 1. The molecule has 1 aromatic carbocycles. The van der Waals surface area contributed by atoms with E-state index in [9.17, 15) is 4.79 Å². The minimum Gasteiger partial charge on any atom is -0.494 e. The summed E-state index contributed by atoms with van der Waals surface area (Å²) < 4.78 is 5.56. The molecule has 0 aliphatic heterocycles. The molecule has 110 valence electrons. The molecule has 20 heavy (non-hydrogen) atoms. The fourth-order valence-corrected chi connectivity index (χ4v) is 2.71. The van der Waals surface area contributed by atoms with Gasteiger partial charge in [0.2, 0.25) is 5.91 Å². The van der Waals surface area contributed by atoms with Crippen molar-refractivity contribution in [3.8, 4) is 5.75 Å². The maximum absolute atomic E-state index is 12.3. The summed E-state index contributed by atoms with van der Waals surface area (Å²) in [6.45, 7) is 3.03. The molecule has 0 saturated heterocycles. The van der Waals surface area contributed by atoms with Crippen molar-refractivity contribution >= 4 is 5.91 Å². The number of para-hydroxylation sites is 1. The van der Waals surface area contributed by atoms with Crippen LogP contribution in [0, 0.1) is 0 Å². The zero-order valence-corrected chi connectivity index (χ0v) is 12.2. The molecule has 1 saturated carbocycles. The quantitative estimate of drug-likeness (QED) is 0.867. The Hall–Kier alpha value is -1.55. The average Bonchev–Trinajstić information content (AvgIpc) is 2.47. The SMILES string of the molecule is CCOc1ccccc1CNC(=O)C1(N)CCCCC1. The van der Waals surface area contributed by atoms with E-state index >= 15 is 0 Å². The monoisotopic (exact) mass is 276 g/mol. The summed E-state index contributed by atoms with van der Waals surface area (Å²) in [5, 5.41) is 2.96. The van der Waals surface area contributed by atoms with E-state index in [1.807, 2.05) is 31.2 Å². The zero-order chi connectivity index (χ0) is 14.4. The molecule has 0 bridgehead atoms. The summed E-state index contributed by atoms with van der Waals surface area (Å²) >= 11 is 0.